The predicted octanol–water partition coefficient (Wildman–Crippen LogP) is -4.99. The van der Waals surface area contributed by atoms with E-state index in [1.165, 1.54) is 52.0 Å². The van der Waals surface area contributed by atoms with Crippen LogP contribution >= 0.6 is 0 Å². The monoisotopic (exact) mass is 1600 g/mol. The van der Waals surface area contributed by atoms with E-state index in [4.69, 9.17) is 5.73 Å². The fourth-order valence-electron chi connectivity index (χ4n) is 11.2. The number of rotatable bonds is 50. The summed E-state index contributed by atoms with van der Waals surface area (Å²) in [4.78, 5) is 228. The Morgan fingerprint density at radius 3 is 1.14 bits per heavy atom. The van der Waals surface area contributed by atoms with Crippen LogP contribution < -0.4 is 80.2 Å². The summed E-state index contributed by atoms with van der Waals surface area (Å²) in [7, 11) is 0. The number of carbonyl (C=O) groups excluding carboxylic acids is 14. The normalized spacial score (nSPS) is 14.8. The summed E-state index contributed by atoms with van der Waals surface area (Å²) in [6.45, 7) is 9.34. The van der Waals surface area contributed by atoms with Crippen LogP contribution in [0.15, 0.2) is 84.9 Å². The molecule has 3 rings (SSSR count). The molecule has 0 bridgehead atoms. The molecule has 0 aliphatic heterocycles. The minimum absolute atomic E-state index is 0.0782. The Labute approximate surface area is 658 Å². The van der Waals surface area contributed by atoms with Gasteiger partial charge in [0.15, 0.2) is 0 Å². The number of aliphatic carboxylic acids is 3. The molecule has 0 aliphatic rings. The lowest BCUT2D eigenvalue weighted by Gasteiger charge is -2.30. The smallest absolute Gasteiger partial charge is 0.326 e. The molecule has 14 amide bonds. The predicted molar refractivity (Wildman–Crippen MR) is 406 cm³/mol. The van der Waals surface area contributed by atoms with Crippen molar-refractivity contribution in [3.05, 3.63) is 102 Å². The molecule has 0 unspecified atom stereocenters. The zero-order valence-electron chi connectivity index (χ0n) is 64.9. The highest BCUT2D eigenvalue weighted by molar-refractivity contribution is 6.00. The summed E-state index contributed by atoms with van der Waals surface area (Å²) < 4.78 is 0. The van der Waals surface area contributed by atoms with Crippen LogP contribution in [0.1, 0.15) is 118 Å². The number of hydrogen-bond acceptors (Lipinski definition) is 22. The van der Waals surface area contributed by atoms with Crippen molar-refractivity contribution in [2.45, 2.75) is 199 Å². The fourth-order valence-corrected chi connectivity index (χ4v) is 11.2. The first-order valence-electron chi connectivity index (χ1n) is 37.0. The molecule has 0 heterocycles. The molecule has 39 heteroatoms. The number of carbonyl (C=O) groups is 17. The first-order chi connectivity index (χ1) is 53.7. The summed E-state index contributed by atoms with van der Waals surface area (Å²) in [6, 6.07) is 2.81. The van der Waals surface area contributed by atoms with Gasteiger partial charge in [0, 0.05) is 32.1 Å². The van der Waals surface area contributed by atoms with Gasteiger partial charge in [-0.2, -0.15) is 0 Å². The topological polar surface area (TPSA) is 626 Å². The molecule has 0 radical (unpaired) electrons. The summed E-state index contributed by atoms with van der Waals surface area (Å²) in [5, 5.41) is 104. The molecular weight excluding hydrogens is 1490 g/mol. The number of amides is 14. The van der Waals surface area contributed by atoms with Crippen molar-refractivity contribution in [1.82, 2.24) is 74.4 Å². The van der Waals surface area contributed by atoms with E-state index >= 15 is 0 Å². The van der Waals surface area contributed by atoms with Crippen LogP contribution in [0.3, 0.4) is 0 Å². The highest BCUT2D eigenvalue weighted by Crippen LogP contribution is 2.17. The summed E-state index contributed by atoms with van der Waals surface area (Å²) in [5.41, 5.74) is 6.92. The highest BCUT2D eigenvalue weighted by Gasteiger charge is 2.39. The number of nitrogens with one attached hydrogen (secondary N) is 14. The number of nitrogens with two attached hydrogens (primary N) is 1. The van der Waals surface area contributed by atoms with Gasteiger partial charge in [-0.15, -0.1) is 0 Å². The maximum absolute atomic E-state index is 14.4. The zero-order chi connectivity index (χ0) is 85.6. The minimum atomic E-state index is -1.88. The van der Waals surface area contributed by atoms with E-state index in [-0.39, 0.29) is 43.8 Å². The van der Waals surface area contributed by atoms with Gasteiger partial charge in [-0.1, -0.05) is 135 Å². The second kappa shape index (κ2) is 48.9. The molecule has 114 heavy (non-hydrogen) atoms. The van der Waals surface area contributed by atoms with E-state index in [2.05, 4.69) is 74.4 Å². The van der Waals surface area contributed by atoms with Crippen LogP contribution in [-0.2, 0) is 101 Å². The standard InChI is InChI=1S/C75H109N15O24/c1-10-41(8)62(73(111)85-49(29-38(2)3)66(104)83-51(30-43-17-13-11-14-18-43)68(106)81-47(25-27-58(98)99)64(102)88-61(40(6)7)75(113)114)89-65(103)48(26-28-59(100)101)82-70(108)53(36-91)80-57(97)35-77-56(96)34-78-72(110)60(39(4)5)87-74(112)63(42(9)93)90-69(107)52(31-44-19-15-12-16-20-44)84-71(109)54(37-92)86-67(105)50(79-55(95)33-76)32-45-21-23-46(94)24-22-45/h11-24,38-42,47-54,60-63,91-94H,10,25-37,76H2,1-9H3,(H,77,96)(H,78,110)(H,79,95)(H,80,97)(H,81,106)(H,82,108)(H,83,104)(H,84,109)(H,85,111)(H,86,105)(H,87,112)(H,88,102)(H,89,103)(H,90,107)(H,98,99)(H,100,101)(H,113,114)/t41-,42+,47-,48-,49-,50-,51-,52-,53-,54-,60-,61-,62-,63-/m0/s1. The average Bonchev–Trinajstić information content (AvgIpc) is 0.859. The second-order valence-electron chi connectivity index (χ2n) is 28.3. The molecule has 3 aromatic rings. The van der Waals surface area contributed by atoms with Crippen LogP contribution in [-0.4, -0.2) is 248 Å². The van der Waals surface area contributed by atoms with Crippen molar-refractivity contribution in [3.8, 4) is 5.75 Å². The molecular formula is C75H109N15O24. The minimum Gasteiger partial charge on any atom is -0.508 e. The van der Waals surface area contributed by atoms with Crippen LogP contribution in [0.4, 0.5) is 0 Å². The fraction of sp³-hybridized carbons (Fsp3) is 0.533. The van der Waals surface area contributed by atoms with Gasteiger partial charge in [0.2, 0.25) is 82.7 Å². The van der Waals surface area contributed by atoms with Crippen LogP contribution in [0, 0.1) is 23.7 Å². The van der Waals surface area contributed by atoms with Crippen molar-refractivity contribution < 1.29 is 117 Å². The third-order valence-electron chi connectivity index (χ3n) is 17.8. The van der Waals surface area contributed by atoms with E-state index < -0.39 is 255 Å². The average molecular weight is 1600 g/mol. The van der Waals surface area contributed by atoms with Gasteiger partial charge in [0.1, 0.15) is 78.3 Å². The van der Waals surface area contributed by atoms with E-state index in [0.29, 0.717) is 16.7 Å². The lowest BCUT2D eigenvalue weighted by molar-refractivity contribution is -0.144. The Kier molecular flexibility index (Phi) is 41.4. The summed E-state index contributed by atoms with van der Waals surface area (Å²) >= 11 is 0. The van der Waals surface area contributed by atoms with Gasteiger partial charge in [-0.3, -0.25) is 76.7 Å². The van der Waals surface area contributed by atoms with Gasteiger partial charge in [0.05, 0.1) is 39.0 Å². The third-order valence-corrected chi connectivity index (χ3v) is 17.8. The van der Waals surface area contributed by atoms with Gasteiger partial charge in [0.25, 0.3) is 0 Å². The first kappa shape index (κ1) is 96.5. The van der Waals surface area contributed by atoms with Gasteiger partial charge >= 0.3 is 17.9 Å². The van der Waals surface area contributed by atoms with Crippen molar-refractivity contribution in [2.24, 2.45) is 29.4 Å². The molecule has 0 saturated carbocycles. The second-order valence-corrected chi connectivity index (χ2v) is 28.3. The third kappa shape index (κ3) is 34.1. The molecule has 628 valence electrons. The quantitative estimate of drug-likeness (QED) is 0.0252. The number of phenolic OH excluding ortho intramolecular Hbond substituents is 1. The lowest BCUT2D eigenvalue weighted by atomic mass is 9.96. The maximum Gasteiger partial charge on any atom is 0.326 e. The molecule has 0 aliphatic carbocycles. The zero-order valence-corrected chi connectivity index (χ0v) is 64.9. The first-order valence-corrected chi connectivity index (χ1v) is 37.0. The van der Waals surface area contributed by atoms with Crippen LogP contribution in [0.25, 0.3) is 0 Å². The number of hydrogen-bond donors (Lipinski definition) is 22. The van der Waals surface area contributed by atoms with Crippen molar-refractivity contribution >= 4 is 101 Å². The molecule has 0 spiro atoms. The molecule has 0 aromatic heterocycles. The van der Waals surface area contributed by atoms with Crippen molar-refractivity contribution in [3.63, 3.8) is 0 Å². The van der Waals surface area contributed by atoms with Crippen molar-refractivity contribution in [1.29, 1.82) is 0 Å². The molecule has 0 fully saturated rings. The number of carboxylic acid groups (broad SMARTS) is 3. The lowest BCUT2D eigenvalue weighted by Crippen LogP contribution is -2.62. The Hall–Kier alpha value is -11.7. The Morgan fingerprint density at radius 1 is 0.368 bits per heavy atom. The highest BCUT2D eigenvalue weighted by atomic mass is 16.4. The Morgan fingerprint density at radius 2 is 0.719 bits per heavy atom. The molecule has 3 aromatic carbocycles. The SMILES string of the molecule is CC[C@H](C)[C@H](NC(=O)[C@H](CCC(=O)O)NC(=O)[C@H](CO)NC(=O)CNC(=O)CNC(=O)[C@@H](NC(=O)[C@@H](NC(=O)[C@H](Cc1ccccc1)NC(=O)[C@H](CO)NC(=O)[C@H](Cc1ccc(O)cc1)NC(=O)CN)[C@@H](C)O)C(C)C)C(=O)N[C@@H](CC(C)C)C(=O)N[C@@H](Cc1ccccc1)C(=O)N[C@@H](CCC(=O)O)C(=O)N[C@H](C(=O)O)C(C)C. The van der Waals surface area contributed by atoms with E-state index in [9.17, 15) is 117 Å². The number of phenols is 1. The molecule has 14 atom stereocenters. The Balaban J connectivity index is 1.74. The van der Waals surface area contributed by atoms with E-state index in [1.54, 1.807) is 88.4 Å². The number of carboxylic acids is 3. The number of aliphatic hydroxyl groups excluding tert-OH is 3. The molecule has 0 saturated heterocycles. The van der Waals surface area contributed by atoms with Crippen molar-refractivity contribution in [2.75, 3.05) is 32.8 Å². The summed E-state index contributed by atoms with van der Waals surface area (Å²) in [6.07, 6.45) is -4.69. The largest absolute Gasteiger partial charge is 0.508 e. The van der Waals surface area contributed by atoms with Gasteiger partial charge in [-0.25, -0.2) is 4.79 Å². The van der Waals surface area contributed by atoms with Gasteiger partial charge < -0.3 is 116 Å². The Bertz CT molecular complexity index is 3780. The molecule has 23 N–H and O–H groups in total. The number of aliphatic hydroxyl groups is 3. The molecule has 39 nitrogen and oxygen atoms in total. The van der Waals surface area contributed by atoms with E-state index in [1.807, 2.05) is 0 Å². The number of aromatic hydroxyl groups is 1. The maximum atomic E-state index is 14.4. The summed E-state index contributed by atoms with van der Waals surface area (Å²) in [5.74, 6) is -21.1. The number of benzene rings is 3. The van der Waals surface area contributed by atoms with Crippen LogP contribution in [0.2, 0.25) is 0 Å². The van der Waals surface area contributed by atoms with Crippen LogP contribution in [0.5, 0.6) is 5.75 Å². The van der Waals surface area contributed by atoms with Gasteiger partial charge in [-0.05, 0) is 78.7 Å². The van der Waals surface area contributed by atoms with E-state index in [0.717, 1.165) is 6.92 Å².